The summed E-state index contributed by atoms with van der Waals surface area (Å²) in [5, 5.41) is 5.76. The lowest BCUT2D eigenvalue weighted by Gasteiger charge is -2.29. The van der Waals surface area contributed by atoms with Crippen LogP contribution < -0.4 is 10.6 Å². The molecule has 1 atom stereocenters. The summed E-state index contributed by atoms with van der Waals surface area (Å²) in [7, 11) is 0. The molecule has 0 spiro atoms. The molecule has 0 saturated heterocycles. The van der Waals surface area contributed by atoms with Crippen LogP contribution in [0.3, 0.4) is 0 Å². The average molecular weight is 329 g/mol. The van der Waals surface area contributed by atoms with Crippen molar-refractivity contribution in [2.75, 3.05) is 11.9 Å². The first-order valence-corrected chi connectivity index (χ1v) is 8.56. The monoisotopic (exact) mass is 329 g/mol. The van der Waals surface area contributed by atoms with Crippen molar-refractivity contribution in [1.29, 1.82) is 0 Å². The Morgan fingerprint density at radius 2 is 1.92 bits per heavy atom. The molecule has 1 aromatic rings. The normalized spacial score (nSPS) is 20.0. The van der Waals surface area contributed by atoms with Gasteiger partial charge in [0.1, 0.15) is 12.6 Å². The van der Waals surface area contributed by atoms with Crippen LogP contribution in [0, 0.1) is 0 Å². The van der Waals surface area contributed by atoms with Gasteiger partial charge >= 0.3 is 0 Å². The molecule has 6 nitrogen and oxygen atoms in total. The van der Waals surface area contributed by atoms with Gasteiger partial charge in [0.05, 0.1) is 11.3 Å². The SMILES string of the molecule is CC(C(=O)NC1CCCCC1)N1CC(=O)Nc2ccccc2C1=O. The largest absolute Gasteiger partial charge is 0.352 e. The van der Waals surface area contributed by atoms with Crippen LogP contribution in [0.5, 0.6) is 0 Å². The first-order chi connectivity index (χ1) is 11.6. The number of rotatable bonds is 3. The fourth-order valence-electron chi connectivity index (χ4n) is 3.37. The summed E-state index contributed by atoms with van der Waals surface area (Å²) in [6.07, 6.45) is 5.42. The van der Waals surface area contributed by atoms with E-state index in [1.807, 2.05) is 0 Å². The van der Waals surface area contributed by atoms with E-state index in [1.165, 1.54) is 11.3 Å². The van der Waals surface area contributed by atoms with Gasteiger partial charge in [-0.05, 0) is 31.9 Å². The number of hydrogen-bond acceptors (Lipinski definition) is 3. The van der Waals surface area contributed by atoms with Crippen molar-refractivity contribution in [2.24, 2.45) is 0 Å². The molecule has 1 fully saturated rings. The highest BCUT2D eigenvalue weighted by Crippen LogP contribution is 2.22. The molecule has 6 heteroatoms. The van der Waals surface area contributed by atoms with Crippen molar-refractivity contribution in [1.82, 2.24) is 10.2 Å². The molecule has 1 heterocycles. The Labute approximate surface area is 141 Å². The molecule has 2 aliphatic rings. The number of carbonyl (C=O) groups is 3. The fourth-order valence-corrected chi connectivity index (χ4v) is 3.37. The first-order valence-electron chi connectivity index (χ1n) is 8.56. The number of benzene rings is 1. The maximum Gasteiger partial charge on any atom is 0.257 e. The second kappa shape index (κ2) is 7.03. The number of amides is 3. The number of fused-ring (bicyclic) bond motifs is 1. The summed E-state index contributed by atoms with van der Waals surface area (Å²) in [6.45, 7) is 1.56. The summed E-state index contributed by atoms with van der Waals surface area (Å²) < 4.78 is 0. The molecule has 0 bridgehead atoms. The molecule has 3 rings (SSSR count). The zero-order valence-corrected chi connectivity index (χ0v) is 13.9. The van der Waals surface area contributed by atoms with Crippen molar-refractivity contribution in [3.8, 4) is 0 Å². The lowest BCUT2D eigenvalue weighted by Crippen LogP contribution is -2.51. The Morgan fingerprint density at radius 1 is 1.21 bits per heavy atom. The molecule has 1 aromatic carbocycles. The molecular weight excluding hydrogens is 306 g/mol. The second-order valence-electron chi connectivity index (χ2n) is 6.55. The van der Waals surface area contributed by atoms with E-state index in [0.29, 0.717) is 11.3 Å². The van der Waals surface area contributed by atoms with Gasteiger partial charge in [-0.15, -0.1) is 0 Å². The van der Waals surface area contributed by atoms with Gasteiger partial charge in [-0.25, -0.2) is 0 Å². The Hall–Kier alpha value is -2.37. The van der Waals surface area contributed by atoms with E-state index < -0.39 is 6.04 Å². The number of nitrogens with zero attached hydrogens (tertiary/aromatic N) is 1. The molecule has 24 heavy (non-hydrogen) atoms. The first kappa shape index (κ1) is 16.5. The maximum atomic E-state index is 12.8. The van der Waals surface area contributed by atoms with Crippen LogP contribution in [-0.2, 0) is 9.59 Å². The third-order valence-electron chi connectivity index (χ3n) is 4.80. The van der Waals surface area contributed by atoms with Crippen LogP contribution >= 0.6 is 0 Å². The van der Waals surface area contributed by atoms with E-state index in [0.717, 1.165) is 25.7 Å². The molecule has 128 valence electrons. The smallest absolute Gasteiger partial charge is 0.257 e. The number of hydrogen-bond donors (Lipinski definition) is 2. The maximum absolute atomic E-state index is 12.8. The average Bonchev–Trinajstić information content (AvgIpc) is 2.71. The Kier molecular flexibility index (Phi) is 4.83. The second-order valence-corrected chi connectivity index (χ2v) is 6.55. The predicted octanol–water partition coefficient (Wildman–Crippen LogP) is 1.92. The summed E-state index contributed by atoms with van der Waals surface area (Å²) >= 11 is 0. The quantitative estimate of drug-likeness (QED) is 0.889. The third kappa shape index (κ3) is 3.42. The van der Waals surface area contributed by atoms with Crippen molar-refractivity contribution in [2.45, 2.75) is 51.1 Å². The Bertz CT molecular complexity index is 653. The van der Waals surface area contributed by atoms with Crippen molar-refractivity contribution < 1.29 is 14.4 Å². The molecule has 1 saturated carbocycles. The summed E-state index contributed by atoms with van der Waals surface area (Å²) in [4.78, 5) is 38.8. The van der Waals surface area contributed by atoms with Crippen LogP contribution in [0.1, 0.15) is 49.4 Å². The summed E-state index contributed by atoms with van der Waals surface area (Å²) in [5.41, 5.74) is 0.913. The predicted molar refractivity (Wildman–Crippen MR) is 90.6 cm³/mol. The standard InChI is InChI=1S/C18H23N3O3/c1-12(17(23)19-13-7-3-2-4-8-13)21-11-16(22)20-15-10-6-5-9-14(15)18(21)24/h5-6,9-10,12-13H,2-4,7-8,11H2,1H3,(H,19,23)(H,20,22). The van der Waals surface area contributed by atoms with Crippen LogP contribution in [0.15, 0.2) is 24.3 Å². The van der Waals surface area contributed by atoms with Crippen LogP contribution in [-0.4, -0.2) is 41.2 Å². The zero-order chi connectivity index (χ0) is 17.1. The van der Waals surface area contributed by atoms with Gasteiger partial charge in [0, 0.05) is 6.04 Å². The summed E-state index contributed by atoms with van der Waals surface area (Å²) in [5.74, 6) is -0.775. The number of anilines is 1. The van der Waals surface area contributed by atoms with Gasteiger partial charge in [-0.2, -0.15) is 0 Å². The highest BCUT2D eigenvalue weighted by molar-refractivity contribution is 6.09. The molecule has 2 N–H and O–H groups in total. The van der Waals surface area contributed by atoms with Gasteiger partial charge in [-0.1, -0.05) is 31.4 Å². The van der Waals surface area contributed by atoms with Crippen molar-refractivity contribution in [3.05, 3.63) is 29.8 Å². The lowest BCUT2D eigenvalue weighted by molar-refractivity contribution is -0.127. The fraction of sp³-hybridized carbons (Fsp3) is 0.500. The van der Waals surface area contributed by atoms with Gasteiger partial charge < -0.3 is 15.5 Å². The van der Waals surface area contributed by atoms with Crippen LogP contribution in [0.4, 0.5) is 5.69 Å². The topological polar surface area (TPSA) is 78.5 Å². The van der Waals surface area contributed by atoms with Crippen molar-refractivity contribution >= 4 is 23.4 Å². The van der Waals surface area contributed by atoms with E-state index in [2.05, 4.69) is 10.6 Å². The van der Waals surface area contributed by atoms with E-state index >= 15 is 0 Å². The van der Waals surface area contributed by atoms with E-state index in [1.54, 1.807) is 31.2 Å². The molecule has 0 aromatic heterocycles. The lowest BCUT2D eigenvalue weighted by atomic mass is 9.95. The molecule has 3 amide bonds. The molecule has 1 aliphatic heterocycles. The van der Waals surface area contributed by atoms with Gasteiger partial charge in [0.25, 0.3) is 5.91 Å². The van der Waals surface area contributed by atoms with E-state index in [9.17, 15) is 14.4 Å². The zero-order valence-electron chi connectivity index (χ0n) is 13.9. The Balaban J connectivity index is 1.75. The summed E-state index contributed by atoms with van der Waals surface area (Å²) in [6, 6.07) is 6.37. The molecular formula is C18H23N3O3. The highest BCUT2D eigenvalue weighted by atomic mass is 16.2. The number of carbonyl (C=O) groups excluding carboxylic acids is 3. The van der Waals surface area contributed by atoms with Crippen LogP contribution in [0.2, 0.25) is 0 Å². The van der Waals surface area contributed by atoms with Crippen LogP contribution in [0.25, 0.3) is 0 Å². The minimum atomic E-state index is -0.684. The van der Waals surface area contributed by atoms with Gasteiger partial charge in [-0.3, -0.25) is 14.4 Å². The molecule has 0 radical (unpaired) electrons. The molecule has 1 unspecified atom stereocenters. The molecule has 1 aliphatic carbocycles. The highest BCUT2D eigenvalue weighted by Gasteiger charge is 2.33. The third-order valence-corrected chi connectivity index (χ3v) is 4.80. The minimum absolute atomic E-state index is 0.118. The van der Waals surface area contributed by atoms with Crippen molar-refractivity contribution in [3.63, 3.8) is 0 Å². The number of nitrogens with one attached hydrogen (secondary N) is 2. The Morgan fingerprint density at radius 3 is 2.67 bits per heavy atom. The van der Waals surface area contributed by atoms with Gasteiger partial charge in [0.2, 0.25) is 11.8 Å². The van der Waals surface area contributed by atoms with E-state index in [-0.39, 0.29) is 30.3 Å². The minimum Gasteiger partial charge on any atom is -0.352 e. The number of para-hydroxylation sites is 1. The van der Waals surface area contributed by atoms with Gasteiger partial charge in [0.15, 0.2) is 0 Å². The van der Waals surface area contributed by atoms with E-state index in [4.69, 9.17) is 0 Å².